The Morgan fingerprint density at radius 3 is 2.58 bits per heavy atom. The Hall–Kier alpha value is -1.38. The summed E-state index contributed by atoms with van der Waals surface area (Å²) in [6, 6.07) is 15.7. The number of nitrogens with zero attached hydrogens (tertiary/aromatic N) is 1. The molecule has 0 saturated carbocycles. The van der Waals surface area contributed by atoms with Crippen LogP contribution in [0.3, 0.4) is 0 Å². The summed E-state index contributed by atoms with van der Waals surface area (Å²) in [5.74, 6) is 0. The van der Waals surface area contributed by atoms with Crippen LogP contribution < -0.4 is 5.32 Å². The summed E-state index contributed by atoms with van der Waals surface area (Å²) in [4.78, 5) is 2.23. The summed E-state index contributed by atoms with van der Waals surface area (Å²) in [5.41, 5.74) is 1.38. The molecular weight excluding hydrogens is 232 g/mol. The van der Waals surface area contributed by atoms with Crippen molar-refractivity contribution in [2.75, 3.05) is 20.6 Å². The molecule has 2 heteroatoms. The molecule has 102 valence electrons. The van der Waals surface area contributed by atoms with Crippen LogP contribution >= 0.6 is 0 Å². The molecule has 2 aromatic rings. The fraction of sp³-hybridized carbons (Fsp3) is 0.412. The highest BCUT2D eigenvalue weighted by Crippen LogP contribution is 2.18. The van der Waals surface area contributed by atoms with Crippen LogP contribution in [-0.2, 0) is 6.54 Å². The van der Waals surface area contributed by atoms with Crippen LogP contribution in [0.4, 0.5) is 0 Å². The maximum absolute atomic E-state index is 3.62. The molecule has 1 atom stereocenters. The molecule has 0 aliphatic heterocycles. The third-order valence-electron chi connectivity index (χ3n) is 3.53. The molecule has 0 heterocycles. The van der Waals surface area contributed by atoms with E-state index in [-0.39, 0.29) is 0 Å². The van der Waals surface area contributed by atoms with Gasteiger partial charge in [-0.25, -0.2) is 0 Å². The van der Waals surface area contributed by atoms with Crippen LogP contribution in [0.15, 0.2) is 42.5 Å². The lowest BCUT2D eigenvalue weighted by molar-refractivity contribution is 0.366. The molecule has 0 saturated heterocycles. The van der Waals surface area contributed by atoms with Crippen molar-refractivity contribution in [3.8, 4) is 0 Å². The molecule has 0 bridgehead atoms. The van der Waals surface area contributed by atoms with Crippen molar-refractivity contribution in [2.45, 2.75) is 25.9 Å². The first-order valence-corrected chi connectivity index (χ1v) is 7.01. The van der Waals surface area contributed by atoms with E-state index in [9.17, 15) is 0 Å². The lowest BCUT2D eigenvalue weighted by Gasteiger charge is -2.17. The Kier molecular flexibility index (Phi) is 4.94. The lowest BCUT2D eigenvalue weighted by atomic mass is 10.0. The molecule has 0 spiro atoms. The molecule has 1 N–H and O–H groups in total. The quantitative estimate of drug-likeness (QED) is 0.853. The van der Waals surface area contributed by atoms with Gasteiger partial charge in [0.15, 0.2) is 0 Å². The third-order valence-corrected chi connectivity index (χ3v) is 3.53. The minimum Gasteiger partial charge on any atom is -0.310 e. The Balaban J connectivity index is 1.98. The van der Waals surface area contributed by atoms with Crippen LogP contribution in [0.1, 0.15) is 18.9 Å². The first-order chi connectivity index (χ1) is 9.16. The van der Waals surface area contributed by atoms with Crippen molar-refractivity contribution in [3.63, 3.8) is 0 Å². The van der Waals surface area contributed by atoms with Gasteiger partial charge in [-0.3, -0.25) is 0 Å². The van der Waals surface area contributed by atoms with E-state index >= 15 is 0 Å². The zero-order chi connectivity index (χ0) is 13.7. The SMILES string of the molecule is CC(CCN(C)C)NCc1cccc2ccccc12. The topological polar surface area (TPSA) is 15.3 Å². The molecule has 19 heavy (non-hydrogen) atoms. The van der Waals surface area contributed by atoms with E-state index in [1.165, 1.54) is 22.8 Å². The molecule has 0 amide bonds. The lowest BCUT2D eigenvalue weighted by Crippen LogP contribution is -2.29. The minimum atomic E-state index is 0.543. The number of nitrogens with one attached hydrogen (secondary N) is 1. The van der Waals surface area contributed by atoms with E-state index in [1.54, 1.807) is 0 Å². The largest absolute Gasteiger partial charge is 0.310 e. The fourth-order valence-electron chi connectivity index (χ4n) is 2.28. The summed E-state index contributed by atoms with van der Waals surface area (Å²) in [5, 5.41) is 6.30. The Morgan fingerprint density at radius 2 is 1.79 bits per heavy atom. The van der Waals surface area contributed by atoms with Crippen LogP contribution in [0.2, 0.25) is 0 Å². The van der Waals surface area contributed by atoms with E-state index in [0.717, 1.165) is 13.1 Å². The average Bonchev–Trinajstić information content (AvgIpc) is 2.42. The molecule has 0 aliphatic rings. The summed E-state index contributed by atoms with van der Waals surface area (Å²) >= 11 is 0. The maximum atomic E-state index is 3.62. The van der Waals surface area contributed by atoms with Crippen LogP contribution in [-0.4, -0.2) is 31.6 Å². The number of fused-ring (bicyclic) bond motifs is 1. The number of rotatable bonds is 6. The van der Waals surface area contributed by atoms with Gasteiger partial charge >= 0.3 is 0 Å². The normalized spacial score (nSPS) is 13.1. The second-order valence-corrected chi connectivity index (χ2v) is 5.51. The van der Waals surface area contributed by atoms with Crippen LogP contribution in [0, 0.1) is 0 Å². The van der Waals surface area contributed by atoms with Crippen molar-refractivity contribution < 1.29 is 0 Å². The van der Waals surface area contributed by atoms with Gasteiger partial charge in [0.25, 0.3) is 0 Å². The second-order valence-electron chi connectivity index (χ2n) is 5.51. The van der Waals surface area contributed by atoms with E-state index in [1.807, 2.05) is 0 Å². The van der Waals surface area contributed by atoms with E-state index < -0.39 is 0 Å². The Bertz CT molecular complexity index is 514. The molecule has 0 aromatic heterocycles. The smallest absolute Gasteiger partial charge is 0.0214 e. The minimum absolute atomic E-state index is 0.543. The van der Waals surface area contributed by atoms with Crippen LogP contribution in [0.5, 0.6) is 0 Å². The van der Waals surface area contributed by atoms with Gasteiger partial charge in [0.1, 0.15) is 0 Å². The average molecular weight is 256 g/mol. The first kappa shape index (κ1) is 14.0. The summed E-state index contributed by atoms with van der Waals surface area (Å²) in [7, 11) is 4.24. The van der Waals surface area contributed by atoms with E-state index in [2.05, 4.69) is 73.7 Å². The predicted octanol–water partition coefficient (Wildman–Crippen LogP) is 3.27. The van der Waals surface area contributed by atoms with Gasteiger partial charge in [-0.05, 0) is 50.3 Å². The number of hydrogen-bond acceptors (Lipinski definition) is 2. The fourth-order valence-corrected chi connectivity index (χ4v) is 2.28. The van der Waals surface area contributed by atoms with Gasteiger partial charge in [-0.1, -0.05) is 42.5 Å². The van der Waals surface area contributed by atoms with Gasteiger partial charge in [0.05, 0.1) is 0 Å². The third kappa shape index (κ3) is 4.05. The monoisotopic (exact) mass is 256 g/mol. The highest BCUT2D eigenvalue weighted by molar-refractivity contribution is 5.85. The molecule has 0 radical (unpaired) electrons. The van der Waals surface area contributed by atoms with Gasteiger partial charge in [0.2, 0.25) is 0 Å². The van der Waals surface area contributed by atoms with Gasteiger partial charge in [-0.2, -0.15) is 0 Å². The summed E-state index contributed by atoms with van der Waals surface area (Å²) in [6.07, 6.45) is 1.18. The Labute approximate surface area is 116 Å². The van der Waals surface area contributed by atoms with E-state index in [4.69, 9.17) is 0 Å². The molecule has 1 unspecified atom stereocenters. The van der Waals surface area contributed by atoms with Crippen LogP contribution in [0.25, 0.3) is 10.8 Å². The van der Waals surface area contributed by atoms with Crippen molar-refractivity contribution >= 4 is 10.8 Å². The zero-order valence-electron chi connectivity index (χ0n) is 12.2. The van der Waals surface area contributed by atoms with Gasteiger partial charge in [-0.15, -0.1) is 0 Å². The van der Waals surface area contributed by atoms with Crippen molar-refractivity contribution in [1.82, 2.24) is 10.2 Å². The molecule has 2 aromatic carbocycles. The van der Waals surface area contributed by atoms with Crippen molar-refractivity contribution in [1.29, 1.82) is 0 Å². The summed E-state index contributed by atoms with van der Waals surface area (Å²) in [6.45, 7) is 4.33. The van der Waals surface area contributed by atoms with E-state index in [0.29, 0.717) is 6.04 Å². The predicted molar refractivity (Wildman–Crippen MR) is 83.4 cm³/mol. The first-order valence-electron chi connectivity index (χ1n) is 7.01. The standard InChI is InChI=1S/C17H24N2/c1-14(11-12-19(2)3)18-13-16-9-6-8-15-7-4-5-10-17(15)16/h4-10,14,18H,11-13H2,1-3H3. The Morgan fingerprint density at radius 1 is 1.05 bits per heavy atom. The second kappa shape index (κ2) is 6.69. The molecular formula is C17H24N2. The zero-order valence-corrected chi connectivity index (χ0v) is 12.2. The van der Waals surface area contributed by atoms with Crippen molar-refractivity contribution in [2.24, 2.45) is 0 Å². The molecule has 0 aliphatic carbocycles. The summed E-state index contributed by atoms with van der Waals surface area (Å²) < 4.78 is 0. The number of benzene rings is 2. The van der Waals surface area contributed by atoms with Gasteiger partial charge < -0.3 is 10.2 Å². The molecule has 2 nitrogen and oxygen atoms in total. The maximum Gasteiger partial charge on any atom is 0.0214 e. The number of hydrogen-bond donors (Lipinski definition) is 1. The highest BCUT2D eigenvalue weighted by atomic mass is 15.1. The highest BCUT2D eigenvalue weighted by Gasteiger charge is 2.04. The van der Waals surface area contributed by atoms with Crippen molar-refractivity contribution in [3.05, 3.63) is 48.0 Å². The molecule has 2 rings (SSSR count). The van der Waals surface area contributed by atoms with Gasteiger partial charge in [0, 0.05) is 12.6 Å². The molecule has 0 fully saturated rings.